The van der Waals surface area contributed by atoms with Crippen molar-refractivity contribution in [2.24, 2.45) is 0 Å². The largest absolute Gasteiger partial charge is 0.479 e. The van der Waals surface area contributed by atoms with Crippen LogP contribution in [0.3, 0.4) is 0 Å². The zero-order chi connectivity index (χ0) is 22.5. The molecule has 9 heteroatoms. The van der Waals surface area contributed by atoms with Gasteiger partial charge in [0.15, 0.2) is 6.10 Å². The van der Waals surface area contributed by atoms with Gasteiger partial charge in [-0.15, -0.1) is 0 Å². The van der Waals surface area contributed by atoms with Crippen molar-refractivity contribution >= 4 is 69.6 Å². The third kappa shape index (κ3) is 6.28. The molecule has 2 N–H and O–H groups in total. The molecule has 0 aliphatic heterocycles. The predicted octanol–water partition coefficient (Wildman–Crippen LogP) is 6.96. The first kappa shape index (κ1) is 23.2. The maximum atomic E-state index is 12.5. The topological polar surface area (TPSA) is 67.4 Å². The molecule has 31 heavy (non-hydrogen) atoms. The van der Waals surface area contributed by atoms with Gasteiger partial charge in [-0.3, -0.25) is 9.59 Å². The average Bonchev–Trinajstić information content (AvgIpc) is 2.70. The van der Waals surface area contributed by atoms with Crippen LogP contribution in [0.2, 0.25) is 20.1 Å². The summed E-state index contributed by atoms with van der Waals surface area (Å²) in [5.74, 6) is -0.455. The second-order valence-electron chi connectivity index (χ2n) is 6.48. The highest BCUT2D eigenvalue weighted by molar-refractivity contribution is 6.37. The Hall–Kier alpha value is -2.44. The van der Waals surface area contributed by atoms with E-state index in [4.69, 9.17) is 51.1 Å². The van der Waals surface area contributed by atoms with Gasteiger partial charge in [-0.2, -0.15) is 0 Å². The molecule has 2 amide bonds. The molecule has 0 saturated carbocycles. The SMILES string of the molecule is CC(Oc1ccc(Cl)cc1Cl)C(=O)Nc1cccc(NC(=O)c2ccc(Cl)cc2Cl)c1. The van der Waals surface area contributed by atoms with Crippen molar-refractivity contribution in [1.29, 1.82) is 0 Å². The Morgan fingerprint density at radius 3 is 2.06 bits per heavy atom. The first-order valence-electron chi connectivity index (χ1n) is 9.02. The first-order valence-corrected chi connectivity index (χ1v) is 10.5. The van der Waals surface area contributed by atoms with E-state index < -0.39 is 17.9 Å². The Bertz CT molecular complexity index is 1140. The van der Waals surface area contributed by atoms with Crippen LogP contribution in [0.1, 0.15) is 17.3 Å². The second-order valence-corrected chi connectivity index (χ2v) is 8.17. The lowest BCUT2D eigenvalue weighted by Gasteiger charge is -2.16. The van der Waals surface area contributed by atoms with Crippen LogP contribution < -0.4 is 15.4 Å². The van der Waals surface area contributed by atoms with Crippen LogP contribution in [-0.4, -0.2) is 17.9 Å². The van der Waals surface area contributed by atoms with Crippen molar-refractivity contribution < 1.29 is 14.3 Å². The molecule has 0 spiro atoms. The minimum Gasteiger partial charge on any atom is -0.479 e. The molecule has 1 unspecified atom stereocenters. The molecule has 3 aromatic carbocycles. The lowest BCUT2D eigenvalue weighted by molar-refractivity contribution is -0.122. The molecule has 0 aliphatic carbocycles. The molecular formula is C22H16Cl4N2O3. The van der Waals surface area contributed by atoms with E-state index in [0.717, 1.165) is 0 Å². The summed E-state index contributed by atoms with van der Waals surface area (Å²) < 4.78 is 5.61. The number of rotatable bonds is 6. The number of amides is 2. The number of ether oxygens (including phenoxy) is 1. The summed E-state index contributed by atoms with van der Waals surface area (Å²) in [7, 11) is 0. The van der Waals surface area contributed by atoms with Gasteiger partial charge in [0.1, 0.15) is 5.75 Å². The smallest absolute Gasteiger partial charge is 0.265 e. The number of carbonyl (C=O) groups excluding carboxylic acids is 2. The van der Waals surface area contributed by atoms with E-state index in [1.807, 2.05) is 0 Å². The van der Waals surface area contributed by atoms with Crippen molar-refractivity contribution in [3.05, 3.63) is 86.3 Å². The monoisotopic (exact) mass is 496 g/mol. The summed E-state index contributed by atoms with van der Waals surface area (Å²) in [5.41, 5.74) is 1.23. The maximum absolute atomic E-state index is 12.5. The Kier molecular flexibility index (Phi) is 7.68. The zero-order valence-corrected chi connectivity index (χ0v) is 19.1. The molecule has 5 nitrogen and oxygen atoms in total. The molecule has 0 fully saturated rings. The fourth-order valence-corrected chi connectivity index (χ4v) is 3.55. The molecule has 0 aliphatic rings. The molecule has 0 heterocycles. The lowest BCUT2D eigenvalue weighted by atomic mass is 10.2. The summed E-state index contributed by atoms with van der Waals surface area (Å²) in [6.07, 6.45) is -0.829. The summed E-state index contributed by atoms with van der Waals surface area (Å²) >= 11 is 23.9. The van der Waals surface area contributed by atoms with Gasteiger partial charge in [0, 0.05) is 21.4 Å². The van der Waals surface area contributed by atoms with Gasteiger partial charge in [0.2, 0.25) is 0 Å². The van der Waals surface area contributed by atoms with Crippen LogP contribution >= 0.6 is 46.4 Å². The van der Waals surface area contributed by atoms with E-state index in [1.165, 1.54) is 18.2 Å². The lowest BCUT2D eigenvalue weighted by Crippen LogP contribution is -2.30. The number of anilines is 2. The van der Waals surface area contributed by atoms with Crippen molar-refractivity contribution in [3.63, 3.8) is 0 Å². The number of hydrogen-bond donors (Lipinski definition) is 2. The van der Waals surface area contributed by atoms with Crippen molar-refractivity contribution in [1.82, 2.24) is 0 Å². The van der Waals surface area contributed by atoms with E-state index in [-0.39, 0.29) is 10.6 Å². The molecule has 3 aromatic rings. The fraction of sp³-hybridized carbons (Fsp3) is 0.0909. The molecule has 160 valence electrons. The third-order valence-corrected chi connectivity index (χ3v) is 5.21. The van der Waals surface area contributed by atoms with E-state index in [2.05, 4.69) is 10.6 Å². The number of carbonyl (C=O) groups is 2. The van der Waals surface area contributed by atoms with Gasteiger partial charge in [0.05, 0.1) is 15.6 Å². The summed E-state index contributed by atoms with van der Waals surface area (Å²) in [6.45, 7) is 1.59. The molecule has 0 bridgehead atoms. The highest BCUT2D eigenvalue weighted by Crippen LogP contribution is 2.28. The Labute approximate surface area is 199 Å². The number of benzene rings is 3. The normalized spacial score (nSPS) is 11.5. The van der Waals surface area contributed by atoms with Crippen LogP contribution in [-0.2, 0) is 4.79 Å². The van der Waals surface area contributed by atoms with Crippen LogP contribution in [0.5, 0.6) is 5.75 Å². The average molecular weight is 498 g/mol. The van der Waals surface area contributed by atoms with Crippen LogP contribution in [0.25, 0.3) is 0 Å². The van der Waals surface area contributed by atoms with E-state index >= 15 is 0 Å². The standard InChI is InChI=1S/C22H16Cl4N2O3/c1-12(31-20-8-6-14(24)10-19(20)26)21(29)27-15-3-2-4-16(11-15)28-22(30)17-7-5-13(23)9-18(17)25/h2-12H,1H3,(H,27,29)(H,28,30). The Morgan fingerprint density at radius 1 is 0.806 bits per heavy atom. The van der Waals surface area contributed by atoms with E-state index in [1.54, 1.807) is 49.4 Å². The van der Waals surface area contributed by atoms with E-state index in [0.29, 0.717) is 32.2 Å². The van der Waals surface area contributed by atoms with Gasteiger partial charge < -0.3 is 15.4 Å². The van der Waals surface area contributed by atoms with Gasteiger partial charge in [-0.05, 0) is 61.5 Å². The second kappa shape index (κ2) is 10.2. The molecule has 0 radical (unpaired) electrons. The molecule has 1 atom stereocenters. The van der Waals surface area contributed by atoms with Gasteiger partial charge in [-0.25, -0.2) is 0 Å². The number of halogens is 4. The number of nitrogens with one attached hydrogen (secondary N) is 2. The highest BCUT2D eigenvalue weighted by atomic mass is 35.5. The van der Waals surface area contributed by atoms with Gasteiger partial charge in [-0.1, -0.05) is 52.5 Å². The minimum atomic E-state index is -0.829. The van der Waals surface area contributed by atoms with Crippen molar-refractivity contribution in [3.8, 4) is 5.75 Å². The number of hydrogen-bond acceptors (Lipinski definition) is 3. The quantitative estimate of drug-likeness (QED) is 0.386. The fourth-order valence-electron chi connectivity index (χ4n) is 2.61. The predicted molar refractivity (Wildman–Crippen MR) is 126 cm³/mol. The summed E-state index contributed by atoms with van der Waals surface area (Å²) in [6, 6.07) is 16.0. The highest BCUT2D eigenvalue weighted by Gasteiger charge is 2.17. The van der Waals surface area contributed by atoms with Crippen molar-refractivity contribution in [2.45, 2.75) is 13.0 Å². The minimum absolute atomic E-state index is 0.237. The maximum Gasteiger partial charge on any atom is 0.265 e. The molecular weight excluding hydrogens is 482 g/mol. The van der Waals surface area contributed by atoms with Crippen molar-refractivity contribution in [2.75, 3.05) is 10.6 Å². The third-order valence-electron chi connectivity index (χ3n) is 4.13. The Balaban J connectivity index is 1.65. The van der Waals surface area contributed by atoms with Gasteiger partial charge >= 0.3 is 0 Å². The molecule has 0 aromatic heterocycles. The van der Waals surface area contributed by atoms with Gasteiger partial charge in [0.25, 0.3) is 11.8 Å². The van der Waals surface area contributed by atoms with E-state index in [9.17, 15) is 9.59 Å². The summed E-state index contributed by atoms with van der Waals surface area (Å²) in [4.78, 5) is 25.0. The van der Waals surface area contributed by atoms with Crippen LogP contribution in [0.15, 0.2) is 60.7 Å². The summed E-state index contributed by atoms with van der Waals surface area (Å²) in [5, 5.41) is 6.91. The zero-order valence-electron chi connectivity index (χ0n) is 16.1. The molecule has 3 rings (SSSR count). The van der Waals surface area contributed by atoms with Crippen LogP contribution in [0.4, 0.5) is 11.4 Å². The van der Waals surface area contributed by atoms with Crippen LogP contribution in [0, 0.1) is 0 Å². The Morgan fingerprint density at radius 2 is 1.42 bits per heavy atom. The first-order chi connectivity index (χ1) is 14.7. The molecule has 0 saturated heterocycles.